The van der Waals surface area contributed by atoms with Crippen LogP contribution in [0.3, 0.4) is 0 Å². The van der Waals surface area contributed by atoms with Crippen LogP contribution in [-0.2, 0) is 12.5 Å². The molecular weight excluding hydrogens is 258 g/mol. The molecule has 20 heavy (non-hydrogen) atoms. The Balaban J connectivity index is 1.74. The molecule has 1 aromatic heterocycles. The molecule has 0 saturated heterocycles. The Hall–Kier alpha value is -1.68. The average molecular weight is 276 g/mol. The van der Waals surface area contributed by atoms with Crippen molar-refractivity contribution in [2.45, 2.75) is 31.4 Å². The van der Waals surface area contributed by atoms with Crippen molar-refractivity contribution in [3.05, 3.63) is 59.9 Å². The quantitative estimate of drug-likeness (QED) is 0.887. The van der Waals surface area contributed by atoms with Crippen molar-refractivity contribution in [2.75, 3.05) is 0 Å². The van der Waals surface area contributed by atoms with Gasteiger partial charge in [0.1, 0.15) is 0 Å². The number of aromatic nitrogens is 1. The SMILES string of the molecule is NC(c1ccn(CC(F)(F)c2ccccc2)c1)C1CC1. The van der Waals surface area contributed by atoms with E-state index in [4.69, 9.17) is 5.73 Å². The highest BCUT2D eigenvalue weighted by atomic mass is 19.3. The zero-order chi connectivity index (χ0) is 14.2. The lowest BCUT2D eigenvalue weighted by molar-refractivity contribution is -0.0221. The predicted molar refractivity (Wildman–Crippen MR) is 74.4 cm³/mol. The van der Waals surface area contributed by atoms with E-state index in [0.717, 1.165) is 18.4 Å². The Bertz CT molecular complexity index is 573. The van der Waals surface area contributed by atoms with E-state index in [9.17, 15) is 8.78 Å². The van der Waals surface area contributed by atoms with Crippen LogP contribution in [0.5, 0.6) is 0 Å². The lowest BCUT2D eigenvalue weighted by atomic mass is 10.1. The fourth-order valence-electron chi connectivity index (χ4n) is 2.48. The first-order chi connectivity index (χ1) is 9.56. The monoisotopic (exact) mass is 276 g/mol. The van der Waals surface area contributed by atoms with Crippen molar-refractivity contribution in [3.8, 4) is 0 Å². The van der Waals surface area contributed by atoms with Crippen molar-refractivity contribution in [2.24, 2.45) is 11.7 Å². The van der Waals surface area contributed by atoms with Gasteiger partial charge in [0.25, 0.3) is 5.92 Å². The van der Waals surface area contributed by atoms with Crippen molar-refractivity contribution in [1.82, 2.24) is 4.57 Å². The zero-order valence-corrected chi connectivity index (χ0v) is 11.2. The standard InChI is InChI=1S/C16H18F2N2/c17-16(18,14-4-2-1-3-5-14)11-20-9-8-13(10-20)15(19)12-6-7-12/h1-5,8-10,12,15H,6-7,11,19H2. The molecule has 1 fully saturated rings. The van der Waals surface area contributed by atoms with Crippen LogP contribution in [-0.4, -0.2) is 4.57 Å². The number of alkyl halides is 2. The Morgan fingerprint density at radius 2 is 1.90 bits per heavy atom. The summed E-state index contributed by atoms with van der Waals surface area (Å²) in [6, 6.07) is 9.76. The maximum absolute atomic E-state index is 14.2. The molecule has 0 spiro atoms. The molecule has 1 atom stereocenters. The van der Waals surface area contributed by atoms with Gasteiger partial charge >= 0.3 is 0 Å². The highest BCUT2D eigenvalue weighted by Gasteiger charge is 2.33. The van der Waals surface area contributed by atoms with Crippen LogP contribution >= 0.6 is 0 Å². The molecule has 1 aliphatic carbocycles. The normalized spacial score (nSPS) is 17.1. The van der Waals surface area contributed by atoms with Gasteiger partial charge in [0.15, 0.2) is 0 Å². The third-order valence-corrected chi connectivity index (χ3v) is 3.87. The lowest BCUT2D eigenvalue weighted by Gasteiger charge is -2.17. The van der Waals surface area contributed by atoms with Crippen molar-refractivity contribution < 1.29 is 8.78 Å². The summed E-state index contributed by atoms with van der Waals surface area (Å²) in [4.78, 5) is 0. The van der Waals surface area contributed by atoms with Crippen LogP contribution in [0, 0.1) is 5.92 Å². The Morgan fingerprint density at radius 3 is 2.55 bits per heavy atom. The van der Waals surface area contributed by atoms with Gasteiger partial charge < -0.3 is 10.3 Å². The number of hydrogen-bond donors (Lipinski definition) is 1. The van der Waals surface area contributed by atoms with E-state index in [-0.39, 0.29) is 18.2 Å². The maximum atomic E-state index is 14.2. The predicted octanol–water partition coefficient (Wildman–Crippen LogP) is 3.69. The Kier molecular flexibility index (Phi) is 3.34. The topological polar surface area (TPSA) is 30.9 Å². The summed E-state index contributed by atoms with van der Waals surface area (Å²) in [7, 11) is 0. The van der Waals surface area contributed by atoms with Gasteiger partial charge in [-0.3, -0.25) is 0 Å². The fraction of sp³-hybridized carbons (Fsp3) is 0.375. The second-order valence-corrected chi connectivity index (χ2v) is 5.55. The molecule has 1 aromatic carbocycles. The van der Waals surface area contributed by atoms with E-state index in [1.165, 1.54) is 16.7 Å². The first-order valence-electron chi connectivity index (χ1n) is 6.91. The Morgan fingerprint density at radius 1 is 1.20 bits per heavy atom. The van der Waals surface area contributed by atoms with Gasteiger partial charge in [-0.25, -0.2) is 0 Å². The van der Waals surface area contributed by atoms with E-state index in [0.29, 0.717) is 5.92 Å². The molecule has 4 heteroatoms. The van der Waals surface area contributed by atoms with Crippen LogP contribution in [0.4, 0.5) is 8.78 Å². The number of hydrogen-bond acceptors (Lipinski definition) is 1. The number of nitrogens with two attached hydrogens (primary N) is 1. The molecule has 0 aliphatic heterocycles. The molecule has 2 nitrogen and oxygen atoms in total. The third-order valence-electron chi connectivity index (χ3n) is 3.87. The summed E-state index contributed by atoms with van der Waals surface area (Å²) in [5.41, 5.74) is 7.09. The van der Waals surface area contributed by atoms with Gasteiger partial charge in [-0.1, -0.05) is 30.3 Å². The van der Waals surface area contributed by atoms with Crippen LogP contribution < -0.4 is 5.73 Å². The molecule has 106 valence electrons. The zero-order valence-electron chi connectivity index (χ0n) is 11.2. The van der Waals surface area contributed by atoms with Gasteiger partial charge in [0.2, 0.25) is 0 Å². The summed E-state index contributed by atoms with van der Waals surface area (Å²) >= 11 is 0. The van der Waals surface area contributed by atoms with Gasteiger partial charge in [0.05, 0.1) is 6.54 Å². The average Bonchev–Trinajstić information content (AvgIpc) is 3.19. The minimum atomic E-state index is -2.87. The lowest BCUT2D eigenvalue weighted by Crippen LogP contribution is -2.20. The summed E-state index contributed by atoms with van der Waals surface area (Å²) < 4.78 is 29.9. The van der Waals surface area contributed by atoms with E-state index >= 15 is 0 Å². The fourth-order valence-corrected chi connectivity index (χ4v) is 2.48. The molecule has 0 radical (unpaired) electrons. The second-order valence-electron chi connectivity index (χ2n) is 5.55. The summed E-state index contributed by atoms with van der Waals surface area (Å²) in [5, 5.41) is 0. The van der Waals surface area contributed by atoms with Crippen molar-refractivity contribution in [1.29, 1.82) is 0 Å². The van der Waals surface area contributed by atoms with Gasteiger partial charge in [0, 0.05) is 24.0 Å². The largest absolute Gasteiger partial charge is 0.348 e. The van der Waals surface area contributed by atoms with Gasteiger partial charge in [-0.05, 0) is 30.4 Å². The Labute approximate surface area is 117 Å². The van der Waals surface area contributed by atoms with Crippen LogP contribution in [0.1, 0.15) is 30.0 Å². The van der Waals surface area contributed by atoms with Gasteiger partial charge in [-0.15, -0.1) is 0 Å². The summed E-state index contributed by atoms with van der Waals surface area (Å²) in [6.45, 7) is -0.353. The smallest absolute Gasteiger partial charge is 0.290 e. The van der Waals surface area contributed by atoms with E-state index in [2.05, 4.69) is 0 Å². The molecule has 3 rings (SSSR count). The molecule has 1 unspecified atom stereocenters. The van der Waals surface area contributed by atoms with Crippen LogP contribution in [0.15, 0.2) is 48.8 Å². The highest BCUT2D eigenvalue weighted by molar-refractivity contribution is 5.21. The second kappa shape index (κ2) is 5.02. The summed E-state index contributed by atoms with van der Waals surface area (Å²) in [6.07, 6.45) is 5.73. The first-order valence-corrected chi connectivity index (χ1v) is 6.91. The van der Waals surface area contributed by atoms with Crippen LogP contribution in [0.25, 0.3) is 0 Å². The number of nitrogens with zero attached hydrogens (tertiary/aromatic N) is 1. The minimum absolute atomic E-state index is 0.0124. The molecule has 1 saturated carbocycles. The summed E-state index contributed by atoms with van der Waals surface area (Å²) in [5.74, 6) is -2.35. The van der Waals surface area contributed by atoms with Crippen molar-refractivity contribution >= 4 is 0 Å². The maximum Gasteiger partial charge on any atom is 0.290 e. The van der Waals surface area contributed by atoms with Crippen molar-refractivity contribution in [3.63, 3.8) is 0 Å². The van der Waals surface area contributed by atoms with E-state index in [1.807, 2.05) is 6.07 Å². The molecule has 0 bridgehead atoms. The molecule has 2 N–H and O–H groups in total. The molecule has 0 amide bonds. The molecule has 1 heterocycles. The molecule has 1 aliphatic rings. The number of halogens is 2. The molecular formula is C16H18F2N2. The number of rotatable bonds is 5. The van der Waals surface area contributed by atoms with Crippen LogP contribution in [0.2, 0.25) is 0 Å². The van der Waals surface area contributed by atoms with E-state index < -0.39 is 5.92 Å². The first kappa shape index (κ1) is 13.3. The van der Waals surface area contributed by atoms with Gasteiger partial charge in [-0.2, -0.15) is 8.78 Å². The third kappa shape index (κ3) is 2.75. The molecule has 2 aromatic rings. The number of benzene rings is 1. The minimum Gasteiger partial charge on any atom is -0.348 e. The van der Waals surface area contributed by atoms with E-state index in [1.54, 1.807) is 30.6 Å². The highest BCUT2D eigenvalue weighted by Crippen LogP contribution is 2.39.